The minimum Gasteiger partial charge on any atom is -0.493 e. The standard InChI is InChI=1S/C29H42N2O4/c1-4-6-12-26(5-2)29(32)31(16-15-30-17-19-34-20-18-30)22-25-13-14-27(28(21-25)33-3)35-23-24-10-8-7-9-11-24/h7-11,13-14,21,26H,4-6,12,15-20,22-23H2,1-3H3. The van der Waals surface area contributed by atoms with Crippen molar-refractivity contribution in [2.24, 2.45) is 5.92 Å². The highest BCUT2D eigenvalue weighted by Gasteiger charge is 2.24. The van der Waals surface area contributed by atoms with Crippen molar-refractivity contribution in [3.63, 3.8) is 0 Å². The van der Waals surface area contributed by atoms with Crippen LogP contribution in [0.3, 0.4) is 0 Å². The highest BCUT2D eigenvalue weighted by molar-refractivity contribution is 5.78. The van der Waals surface area contributed by atoms with Gasteiger partial charge in [-0.3, -0.25) is 9.69 Å². The molecule has 6 nitrogen and oxygen atoms in total. The fraction of sp³-hybridized carbons (Fsp3) is 0.552. The molecule has 1 atom stereocenters. The van der Waals surface area contributed by atoms with Gasteiger partial charge in [-0.15, -0.1) is 0 Å². The number of nitrogens with zero attached hydrogens (tertiary/aromatic N) is 2. The van der Waals surface area contributed by atoms with Crippen molar-refractivity contribution in [3.8, 4) is 11.5 Å². The third-order valence-corrected chi connectivity index (χ3v) is 6.69. The van der Waals surface area contributed by atoms with E-state index in [1.807, 2.05) is 53.4 Å². The number of benzene rings is 2. The van der Waals surface area contributed by atoms with E-state index in [0.29, 0.717) is 24.7 Å². The van der Waals surface area contributed by atoms with E-state index in [-0.39, 0.29) is 11.8 Å². The maximum absolute atomic E-state index is 13.6. The fourth-order valence-electron chi connectivity index (χ4n) is 4.45. The SMILES string of the molecule is CCCCC(CC)C(=O)N(CCN1CCOCC1)Cc1ccc(OCc2ccccc2)c(OC)c1. The summed E-state index contributed by atoms with van der Waals surface area (Å²) < 4.78 is 17.2. The Morgan fingerprint density at radius 1 is 1.06 bits per heavy atom. The first-order valence-electron chi connectivity index (χ1n) is 13.1. The summed E-state index contributed by atoms with van der Waals surface area (Å²) in [5, 5.41) is 0. The Kier molecular flexibility index (Phi) is 11.4. The van der Waals surface area contributed by atoms with Crippen molar-refractivity contribution in [2.45, 2.75) is 52.7 Å². The molecule has 0 saturated carbocycles. The predicted molar refractivity (Wildman–Crippen MR) is 140 cm³/mol. The molecule has 1 heterocycles. The van der Waals surface area contributed by atoms with Crippen LogP contribution in [0.4, 0.5) is 0 Å². The van der Waals surface area contributed by atoms with Gasteiger partial charge >= 0.3 is 0 Å². The Bertz CT molecular complexity index is 884. The number of hydrogen-bond acceptors (Lipinski definition) is 5. The molecule has 3 rings (SSSR count). The zero-order valence-corrected chi connectivity index (χ0v) is 21.7. The number of ether oxygens (including phenoxy) is 3. The first-order chi connectivity index (χ1) is 17.1. The highest BCUT2D eigenvalue weighted by atomic mass is 16.5. The van der Waals surface area contributed by atoms with E-state index in [1.54, 1.807) is 7.11 Å². The minimum atomic E-state index is 0.0787. The number of unbranched alkanes of at least 4 members (excludes halogenated alkanes) is 1. The molecule has 1 aliphatic heterocycles. The van der Waals surface area contributed by atoms with Crippen LogP contribution in [0.2, 0.25) is 0 Å². The zero-order valence-electron chi connectivity index (χ0n) is 21.7. The first kappa shape index (κ1) is 27.0. The highest BCUT2D eigenvalue weighted by Crippen LogP contribution is 2.30. The lowest BCUT2D eigenvalue weighted by Gasteiger charge is -2.32. The summed E-state index contributed by atoms with van der Waals surface area (Å²) in [7, 11) is 1.66. The van der Waals surface area contributed by atoms with E-state index in [1.165, 1.54) is 0 Å². The average molecular weight is 483 g/mol. The molecular weight excluding hydrogens is 440 g/mol. The molecule has 192 valence electrons. The molecule has 0 radical (unpaired) electrons. The van der Waals surface area contributed by atoms with Crippen LogP contribution < -0.4 is 9.47 Å². The third kappa shape index (κ3) is 8.55. The van der Waals surface area contributed by atoms with Crippen molar-refractivity contribution in [2.75, 3.05) is 46.5 Å². The van der Waals surface area contributed by atoms with E-state index in [9.17, 15) is 4.79 Å². The molecule has 1 unspecified atom stereocenters. The lowest BCUT2D eigenvalue weighted by molar-refractivity contribution is -0.137. The van der Waals surface area contributed by atoms with Crippen LogP contribution in [0.25, 0.3) is 0 Å². The van der Waals surface area contributed by atoms with Gasteiger partial charge in [0.2, 0.25) is 5.91 Å². The van der Waals surface area contributed by atoms with Crippen LogP contribution in [0.5, 0.6) is 11.5 Å². The van der Waals surface area contributed by atoms with E-state index >= 15 is 0 Å². The van der Waals surface area contributed by atoms with E-state index in [4.69, 9.17) is 14.2 Å². The van der Waals surface area contributed by atoms with Crippen molar-refractivity contribution in [1.82, 2.24) is 9.80 Å². The number of rotatable bonds is 14. The van der Waals surface area contributed by atoms with Gasteiger partial charge in [0.25, 0.3) is 0 Å². The van der Waals surface area contributed by atoms with Gasteiger partial charge in [0.15, 0.2) is 11.5 Å². The molecule has 6 heteroatoms. The van der Waals surface area contributed by atoms with Crippen LogP contribution in [-0.2, 0) is 22.7 Å². The lowest BCUT2D eigenvalue weighted by atomic mass is 9.97. The molecule has 1 aliphatic rings. The summed E-state index contributed by atoms with van der Waals surface area (Å²) in [5.74, 6) is 1.74. The number of amides is 1. The summed E-state index contributed by atoms with van der Waals surface area (Å²) in [4.78, 5) is 18.0. The van der Waals surface area contributed by atoms with E-state index in [0.717, 1.165) is 76.2 Å². The van der Waals surface area contributed by atoms with Crippen LogP contribution in [0.1, 0.15) is 50.7 Å². The smallest absolute Gasteiger partial charge is 0.226 e. The summed E-state index contributed by atoms with van der Waals surface area (Å²) in [6.07, 6.45) is 4.03. The van der Waals surface area contributed by atoms with Gasteiger partial charge < -0.3 is 19.1 Å². The number of morpholine rings is 1. The van der Waals surface area contributed by atoms with E-state index < -0.39 is 0 Å². The van der Waals surface area contributed by atoms with Crippen LogP contribution in [-0.4, -0.2) is 62.2 Å². The van der Waals surface area contributed by atoms with Gasteiger partial charge in [-0.1, -0.05) is 63.1 Å². The van der Waals surface area contributed by atoms with Crippen molar-refractivity contribution < 1.29 is 19.0 Å². The zero-order chi connectivity index (χ0) is 24.9. The number of carbonyl (C=O) groups excluding carboxylic acids is 1. The Morgan fingerprint density at radius 3 is 2.51 bits per heavy atom. The fourth-order valence-corrected chi connectivity index (χ4v) is 4.45. The molecule has 0 bridgehead atoms. The molecule has 0 spiro atoms. The van der Waals surface area contributed by atoms with Crippen molar-refractivity contribution in [1.29, 1.82) is 0 Å². The molecule has 0 aromatic heterocycles. The maximum Gasteiger partial charge on any atom is 0.226 e. The summed E-state index contributed by atoms with van der Waals surface area (Å²) in [6.45, 7) is 10.3. The predicted octanol–water partition coefficient (Wildman–Crippen LogP) is 5.15. The second-order valence-electron chi connectivity index (χ2n) is 9.22. The van der Waals surface area contributed by atoms with Gasteiger partial charge in [-0.25, -0.2) is 0 Å². The summed E-state index contributed by atoms with van der Waals surface area (Å²) in [6, 6.07) is 16.1. The second kappa shape index (κ2) is 14.7. The molecule has 1 saturated heterocycles. The monoisotopic (exact) mass is 482 g/mol. The number of methoxy groups -OCH3 is 1. The molecular formula is C29H42N2O4. The Morgan fingerprint density at radius 2 is 1.83 bits per heavy atom. The minimum absolute atomic E-state index is 0.0787. The normalized spacial score (nSPS) is 14.9. The quantitative estimate of drug-likeness (QED) is 0.373. The molecule has 1 fully saturated rings. The maximum atomic E-state index is 13.6. The van der Waals surface area contributed by atoms with Crippen LogP contribution >= 0.6 is 0 Å². The molecule has 0 N–H and O–H groups in total. The van der Waals surface area contributed by atoms with Gasteiger partial charge in [-0.2, -0.15) is 0 Å². The third-order valence-electron chi connectivity index (χ3n) is 6.69. The summed E-state index contributed by atoms with van der Waals surface area (Å²) >= 11 is 0. The van der Waals surface area contributed by atoms with Crippen molar-refractivity contribution in [3.05, 3.63) is 59.7 Å². The average Bonchev–Trinajstić information content (AvgIpc) is 2.91. The molecule has 2 aromatic carbocycles. The van der Waals surface area contributed by atoms with Crippen LogP contribution in [0, 0.1) is 5.92 Å². The summed E-state index contributed by atoms with van der Waals surface area (Å²) in [5.41, 5.74) is 2.16. The van der Waals surface area contributed by atoms with E-state index in [2.05, 4.69) is 18.7 Å². The Hall–Kier alpha value is -2.57. The van der Waals surface area contributed by atoms with Gasteiger partial charge in [0.1, 0.15) is 6.61 Å². The molecule has 0 aliphatic carbocycles. The van der Waals surface area contributed by atoms with Gasteiger partial charge in [-0.05, 0) is 36.1 Å². The lowest BCUT2D eigenvalue weighted by Crippen LogP contribution is -2.44. The van der Waals surface area contributed by atoms with Gasteiger partial charge in [0.05, 0.1) is 20.3 Å². The van der Waals surface area contributed by atoms with Gasteiger partial charge in [0, 0.05) is 38.6 Å². The van der Waals surface area contributed by atoms with Crippen LogP contribution in [0.15, 0.2) is 48.5 Å². The topological polar surface area (TPSA) is 51.2 Å². The van der Waals surface area contributed by atoms with Crippen molar-refractivity contribution >= 4 is 5.91 Å². The second-order valence-corrected chi connectivity index (χ2v) is 9.22. The Labute approximate surface area is 211 Å². The number of carbonyl (C=O) groups is 1. The Balaban J connectivity index is 1.70. The molecule has 2 aromatic rings. The number of hydrogen-bond donors (Lipinski definition) is 0. The molecule has 35 heavy (non-hydrogen) atoms. The first-order valence-corrected chi connectivity index (χ1v) is 13.1. The largest absolute Gasteiger partial charge is 0.493 e. The molecule has 1 amide bonds.